The number of carbonyl (C=O) groups excluding carboxylic acids is 1. The summed E-state index contributed by atoms with van der Waals surface area (Å²) in [6.45, 7) is 0.641. The number of nitrogens with zero attached hydrogens (tertiary/aromatic N) is 2. The normalized spacial score (nSPS) is 14.5. The molecule has 0 radical (unpaired) electrons. The Morgan fingerprint density at radius 1 is 1.06 bits per heavy atom. The highest BCUT2D eigenvalue weighted by Gasteiger charge is 2.15. The van der Waals surface area contributed by atoms with Crippen molar-refractivity contribution in [3.63, 3.8) is 0 Å². The number of hydrogen-bond acceptors (Lipinski definition) is 5. The van der Waals surface area contributed by atoms with E-state index in [1.54, 1.807) is 18.5 Å². The molecule has 0 aliphatic heterocycles. The lowest BCUT2D eigenvalue weighted by molar-refractivity contribution is -0.136. The molecule has 0 atom stereocenters. The molecular weight excluding hydrogens is 454 g/mol. The summed E-state index contributed by atoms with van der Waals surface area (Å²) in [4.78, 5) is 32.1. The van der Waals surface area contributed by atoms with E-state index in [1.165, 1.54) is 44.8 Å². The summed E-state index contributed by atoms with van der Waals surface area (Å²) < 4.78 is 5.57. The van der Waals surface area contributed by atoms with Gasteiger partial charge in [-0.2, -0.15) is 0 Å². The number of unbranched alkanes of at least 4 members (excludes halogenated alkanes) is 1. The fourth-order valence-corrected chi connectivity index (χ4v) is 4.74. The molecule has 7 heteroatoms. The largest absolute Gasteiger partial charge is 0.481 e. The molecule has 2 heterocycles. The Balaban J connectivity index is 1.33. The number of amides is 1. The maximum Gasteiger partial charge on any atom is 0.307 e. The molecule has 188 valence electrons. The van der Waals surface area contributed by atoms with E-state index < -0.39 is 5.97 Å². The van der Waals surface area contributed by atoms with Crippen LogP contribution in [0.2, 0.25) is 0 Å². The van der Waals surface area contributed by atoms with Gasteiger partial charge in [-0.3, -0.25) is 14.6 Å². The molecular formula is C29H33N3O4. The maximum atomic E-state index is 12.5. The van der Waals surface area contributed by atoms with E-state index in [0.717, 1.165) is 41.0 Å². The van der Waals surface area contributed by atoms with Crippen LogP contribution in [0.4, 0.5) is 0 Å². The van der Waals surface area contributed by atoms with E-state index in [-0.39, 0.29) is 18.0 Å². The summed E-state index contributed by atoms with van der Waals surface area (Å²) >= 11 is 0. The van der Waals surface area contributed by atoms with Gasteiger partial charge >= 0.3 is 5.97 Å². The first-order chi connectivity index (χ1) is 17.6. The number of pyridine rings is 1. The Bertz CT molecular complexity index is 1160. The molecule has 2 N–H and O–H groups in total. The number of carbonyl (C=O) groups is 2. The highest BCUT2D eigenvalue weighted by Crippen LogP contribution is 2.28. The van der Waals surface area contributed by atoms with Crippen molar-refractivity contribution >= 4 is 17.4 Å². The van der Waals surface area contributed by atoms with Gasteiger partial charge < -0.3 is 14.8 Å². The molecule has 1 aliphatic rings. The predicted octanol–water partition coefficient (Wildman–Crippen LogP) is 6.12. The SMILES string of the molecule is O=C(O)C/C=C(\c1ccc(-c2nc(C(=O)NCCCCC3CCCCC3)co2)cc1)c1cccnc1. The van der Waals surface area contributed by atoms with Crippen LogP contribution in [0.3, 0.4) is 0 Å². The summed E-state index contributed by atoms with van der Waals surface area (Å²) in [7, 11) is 0. The van der Waals surface area contributed by atoms with Gasteiger partial charge in [-0.15, -0.1) is 0 Å². The van der Waals surface area contributed by atoms with Gasteiger partial charge in [0.25, 0.3) is 5.91 Å². The smallest absolute Gasteiger partial charge is 0.307 e. The Hall–Kier alpha value is -3.74. The number of aromatic nitrogens is 2. The van der Waals surface area contributed by atoms with Gasteiger partial charge in [0, 0.05) is 30.1 Å². The molecule has 1 amide bonds. The van der Waals surface area contributed by atoms with Crippen LogP contribution >= 0.6 is 0 Å². The molecule has 7 nitrogen and oxygen atoms in total. The van der Waals surface area contributed by atoms with Gasteiger partial charge in [-0.05, 0) is 41.7 Å². The van der Waals surface area contributed by atoms with Crippen molar-refractivity contribution in [2.45, 2.75) is 57.8 Å². The van der Waals surface area contributed by atoms with E-state index >= 15 is 0 Å². The van der Waals surface area contributed by atoms with Gasteiger partial charge in [-0.1, -0.05) is 69.2 Å². The lowest BCUT2D eigenvalue weighted by atomic mass is 9.86. The zero-order chi connectivity index (χ0) is 25.2. The zero-order valence-electron chi connectivity index (χ0n) is 20.5. The molecule has 0 unspecified atom stereocenters. The molecule has 1 saturated carbocycles. The van der Waals surface area contributed by atoms with Crippen LogP contribution in [0, 0.1) is 5.92 Å². The second-order valence-corrected chi connectivity index (χ2v) is 9.33. The maximum absolute atomic E-state index is 12.5. The van der Waals surface area contributed by atoms with Crippen molar-refractivity contribution in [1.82, 2.24) is 15.3 Å². The van der Waals surface area contributed by atoms with Gasteiger partial charge in [0.1, 0.15) is 6.26 Å². The summed E-state index contributed by atoms with van der Waals surface area (Å²) in [5, 5.41) is 12.1. The number of nitrogens with one attached hydrogen (secondary N) is 1. The molecule has 1 fully saturated rings. The highest BCUT2D eigenvalue weighted by atomic mass is 16.4. The van der Waals surface area contributed by atoms with E-state index in [0.29, 0.717) is 12.4 Å². The molecule has 4 rings (SSSR count). The number of hydrogen-bond donors (Lipinski definition) is 2. The van der Waals surface area contributed by atoms with Crippen LogP contribution < -0.4 is 5.32 Å². The number of oxazole rings is 1. The first-order valence-electron chi connectivity index (χ1n) is 12.8. The third-order valence-corrected chi connectivity index (χ3v) is 6.68. The van der Waals surface area contributed by atoms with Crippen molar-refractivity contribution in [1.29, 1.82) is 0 Å². The van der Waals surface area contributed by atoms with Gasteiger partial charge in [-0.25, -0.2) is 4.98 Å². The van der Waals surface area contributed by atoms with Crippen molar-refractivity contribution in [3.05, 3.63) is 78.0 Å². The second-order valence-electron chi connectivity index (χ2n) is 9.33. The van der Waals surface area contributed by atoms with Gasteiger partial charge in [0.15, 0.2) is 5.69 Å². The molecule has 1 aliphatic carbocycles. The third kappa shape index (κ3) is 7.13. The van der Waals surface area contributed by atoms with E-state index in [4.69, 9.17) is 9.52 Å². The summed E-state index contributed by atoms with van der Waals surface area (Å²) in [5.41, 5.74) is 3.46. The second kappa shape index (κ2) is 12.8. The quantitative estimate of drug-likeness (QED) is 0.316. The molecule has 0 bridgehead atoms. The minimum atomic E-state index is -0.900. The van der Waals surface area contributed by atoms with Crippen LogP contribution in [-0.4, -0.2) is 33.5 Å². The number of aliphatic carboxylic acids is 1. The van der Waals surface area contributed by atoms with E-state index in [9.17, 15) is 9.59 Å². The van der Waals surface area contributed by atoms with E-state index in [2.05, 4.69) is 15.3 Å². The number of carboxylic acid groups (broad SMARTS) is 1. The van der Waals surface area contributed by atoms with Gasteiger partial charge in [0.2, 0.25) is 5.89 Å². The van der Waals surface area contributed by atoms with Crippen molar-refractivity contribution in [2.75, 3.05) is 6.54 Å². The minimum Gasteiger partial charge on any atom is -0.481 e. The van der Waals surface area contributed by atoms with Gasteiger partial charge in [0.05, 0.1) is 6.42 Å². The van der Waals surface area contributed by atoms with Crippen molar-refractivity contribution < 1.29 is 19.1 Å². The molecule has 1 aromatic carbocycles. The van der Waals surface area contributed by atoms with Crippen LogP contribution in [0.1, 0.15) is 79.4 Å². The standard InChI is InChI=1S/C29H33N3O4/c33-27(34)16-15-25(24-10-6-17-30-19-24)22-11-13-23(14-12-22)29-32-26(20-36-29)28(35)31-18-5-4-9-21-7-2-1-3-8-21/h6,10-15,17,19-21H,1-5,7-9,16,18H2,(H,31,35)(H,33,34)/b25-15+. The van der Waals surface area contributed by atoms with Crippen LogP contribution in [0.5, 0.6) is 0 Å². The van der Waals surface area contributed by atoms with Crippen molar-refractivity contribution in [3.8, 4) is 11.5 Å². The average molecular weight is 488 g/mol. The third-order valence-electron chi connectivity index (χ3n) is 6.68. The van der Waals surface area contributed by atoms with Crippen molar-refractivity contribution in [2.24, 2.45) is 5.92 Å². The lowest BCUT2D eigenvalue weighted by Crippen LogP contribution is -2.24. The summed E-state index contributed by atoms with van der Waals surface area (Å²) in [6, 6.07) is 11.2. The Kier molecular flexibility index (Phi) is 9.03. The fourth-order valence-electron chi connectivity index (χ4n) is 4.74. The van der Waals surface area contributed by atoms with Crippen LogP contribution in [0.25, 0.3) is 17.0 Å². The topological polar surface area (TPSA) is 105 Å². The molecule has 36 heavy (non-hydrogen) atoms. The number of carboxylic acids is 1. The lowest BCUT2D eigenvalue weighted by Gasteiger charge is -2.21. The predicted molar refractivity (Wildman–Crippen MR) is 138 cm³/mol. The van der Waals surface area contributed by atoms with Crippen LogP contribution in [0.15, 0.2) is 65.5 Å². The Labute approximate surface area is 211 Å². The Morgan fingerprint density at radius 2 is 1.86 bits per heavy atom. The minimum absolute atomic E-state index is 0.0925. The average Bonchev–Trinajstić information content (AvgIpc) is 3.41. The number of rotatable bonds is 11. The zero-order valence-corrected chi connectivity index (χ0v) is 20.5. The van der Waals surface area contributed by atoms with Crippen LogP contribution in [-0.2, 0) is 4.79 Å². The van der Waals surface area contributed by atoms with E-state index in [1.807, 2.05) is 36.4 Å². The molecule has 3 aromatic rings. The molecule has 0 spiro atoms. The molecule has 2 aromatic heterocycles. The first-order valence-corrected chi connectivity index (χ1v) is 12.8. The fraction of sp³-hybridized carbons (Fsp3) is 0.379. The first kappa shape index (κ1) is 25.4. The summed E-state index contributed by atoms with van der Waals surface area (Å²) in [6.07, 6.45) is 16.6. The monoisotopic (exact) mass is 487 g/mol. The summed E-state index contributed by atoms with van der Waals surface area (Å²) in [5.74, 6) is 0.103. The highest BCUT2D eigenvalue weighted by molar-refractivity contribution is 5.92. The molecule has 0 saturated heterocycles. The Morgan fingerprint density at radius 3 is 2.58 bits per heavy atom. The number of benzene rings is 1.